The Morgan fingerprint density at radius 3 is 2.80 bits per heavy atom. The first-order valence-corrected chi connectivity index (χ1v) is 12.2. The van der Waals surface area contributed by atoms with Crippen molar-refractivity contribution in [2.75, 3.05) is 11.4 Å². The highest BCUT2D eigenvalue weighted by Crippen LogP contribution is 2.33. The maximum atomic E-state index is 14.2. The Morgan fingerprint density at radius 1 is 1.00 bits per heavy atom. The van der Waals surface area contributed by atoms with E-state index < -0.39 is 0 Å². The van der Waals surface area contributed by atoms with E-state index in [2.05, 4.69) is 17.1 Å². The Labute approximate surface area is 203 Å². The number of benzene rings is 3. The van der Waals surface area contributed by atoms with Gasteiger partial charge in [-0.2, -0.15) is 0 Å². The van der Waals surface area contributed by atoms with E-state index in [1.807, 2.05) is 53.4 Å². The number of hydrogen-bond donors (Lipinski definition) is 1. The predicted molar refractivity (Wildman–Crippen MR) is 139 cm³/mol. The Morgan fingerprint density at radius 2 is 1.86 bits per heavy atom. The van der Waals surface area contributed by atoms with Gasteiger partial charge >= 0.3 is 0 Å². The van der Waals surface area contributed by atoms with Crippen LogP contribution in [0.3, 0.4) is 0 Å². The summed E-state index contributed by atoms with van der Waals surface area (Å²) < 4.78 is 14.2. The van der Waals surface area contributed by atoms with E-state index >= 15 is 0 Å². The van der Waals surface area contributed by atoms with Crippen LogP contribution in [0.15, 0.2) is 78.9 Å². The first kappa shape index (κ1) is 21.5. The first-order valence-electron chi connectivity index (χ1n) is 12.2. The molecule has 0 atom stereocenters. The summed E-state index contributed by atoms with van der Waals surface area (Å²) in [5, 5.41) is 1.93. The number of hydrogen-bond acceptors (Lipinski definition) is 2. The molecule has 5 aromatic rings. The van der Waals surface area contributed by atoms with Crippen molar-refractivity contribution >= 4 is 33.4 Å². The van der Waals surface area contributed by atoms with E-state index in [9.17, 15) is 9.18 Å². The molecule has 35 heavy (non-hydrogen) atoms. The van der Waals surface area contributed by atoms with E-state index in [4.69, 9.17) is 4.98 Å². The van der Waals surface area contributed by atoms with Crippen LogP contribution in [0.25, 0.3) is 33.2 Å². The van der Waals surface area contributed by atoms with Crippen molar-refractivity contribution in [3.8, 4) is 11.4 Å². The number of carbonyl (C=O) groups excluding carboxylic acids is 1. The Kier molecular flexibility index (Phi) is 5.53. The second-order valence-corrected chi connectivity index (χ2v) is 9.19. The number of aromatic amines is 1. The topological polar surface area (TPSA) is 49.0 Å². The van der Waals surface area contributed by atoms with Crippen LogP contribution in [-0.2, 0) is 17.6 Å². The maximum absolute atomic E-state index is 14.2. The molecule has 0 fully saturated rings. The van der Waals surface area contributed by atoms with E-state index in [1.54, 1.807) is 12.1 Å². The summed E-state index contributed by atoms with van der Waals surface area (Å²) in [7, 11) is 0. The number of anilines is 1. The number of nitrogens with zero attached hydrogens (tertiary/aromatic N) is 2. The number of amides is 1. The Bertz CT molecular complexity index is 1550. The van der Waals surface area contributed by atoms with Gasteiger partial charge in [0.05, 0.1) is 16.9 Å². The molecule has 1 amide bonds. The quantitative estimate of drug-likeness (QED) is 0.311. The number of pyridine rings is 1. The van der Waals surface area contributed by atoms with Gasteiger partial charge in [-0.3, -0.25) is 4.79 Å². The van der Waals surface area contributed by atoms with Crippen LogP contribution in [0.2, 0.25) is 0 Å². The molecular formula is C30H26FN3O. The first-order chi connectivity index (χ1) is 17.2. The van der Waals surface area contributed by atoms with Crippen LogP contribution in [0, 0.1) is 5.82 Å². The van der Waals surface area contributed by atoms with Crippen molar-refractivity contribution in [2.24, 2.45) is 0 Å². The fourth-order valence-electron chi connectivity index (χ4n) is 5.25. The zero-order valence-electron chi connectivity index (χ0n) is 19.4. The van der Waals surface area contributed by atoms with Crippen LogP contribution in [0.4, 0.5) is 10.1 Å². The molecule has 0 spiro atoms. The van der Waals surface area contributed by atoms with Crippen LogP contribution < -0.4 is 4.90 Å². The lowest BCUT2D eigenvalue weighted by Gasteiger charge is -2.29. The fraction of sp³-hybridized carbons (Fsp3) is 0.200. The third kappa shape index (κ3) is 4.08. The molecule has 4 nitrogen and oxygen atoms in total. The average molecular weight is 464 g/mol. The van der Waals surface area contributed by atoms with Crippen molar-refractivity contribution in [2.45, 2.75) is 32.1 Å². The minimum atomic E-state index is -0.267. The number of aryl methyl sites for hydroxylation is 2. The molecule has 5 heteroatoms. The average Bonchev–Trinajstić information content (AvgIpc) is 3.25. The van der Waals surface area contributed by atoms with Crippen molar-refractivity contribution in [3.05, 3.63) is 95.8 Å². The smallest absolute Gasteiger partial charge is 0.226 e. The predicted octanol–water partition coefficient (Wildman–Crippen LogP) is 6.82. The summed E-state index contributed by atoms with van der Waals surface area (Å²) in [4.78, 5) is 23.4. The normalized spacial score (nSPS) is 13.3. The molecule has 0 saturated carbocycles. The maximum Gasteiger partial charge on any atom is 0.226 e. The Hall–Kier alpha value is -3.99. The second kappa shape index (κ2) is 8.99. The fourth-order valence-corrected chi connectivity index (χ4v) is 5.25. The molecule has 174 valence electrons. The van der Waals surface area contributed by atoms with Gasteiger partial charge in [0.2, 0.25) is 5.91 Å². The summed E-state index contributed by atoms with van der Waals surface area (Å²) in [6.45, 7) is 0.764. The van der Waals surface area contributed by atoms with Crippen LogP contribution in [0.1, 0.15) is 30.4 Å². The van der Waals surface area contributed by atoms with Crippen LogP contribution >= 0.6 is 0 Å². The van der Waals surface area contributed by atoms with Gasteiger partial charge in [0, 0.05) is 34.9 Å². The third-order valence-electron chi connectivity index (χ3n) is 6.95. The number of carbonyl (C=O) groups is 1. The van der Waals surface area contributed by atoms with Gasteiger partial charge in [-0.05, 0) is 73.2 Å². The van der Waals surface area contributed by atoms with Crippen molar-refractivity contribution in [1.29, 1.82) is 0 Å². The van der Waals surface area contributed by atoms with Gasteiger partial charge in [0.25, 0.3) is 0 Å². The van der Waals surface area contributed by atoms with E-state index in [0.29, 0.717) is 19.3 Å². The largest absolute Gasteiger partial charge is 0.353 e. The van der Waals surface area contributed by atoms with Gasteiger partial charge < -0.3 is 9.88 Å². The number of nitrogens with one attached hydrogen (secondary N) is 1. The SMILES string of the molecule is O=C(CCCc1c(-c2ccc3ccccc3n2)[nH]c2ccc(F)cc12)N1CCCc2ccccc21. The van der Waals surface area contributed by atoms with Gasteiger partial charge in [-0.15, -0.1) is 0 Å². The lowest BCUT2D eigenvalue weighted by molar-refractivity contribution is -0.118. The molecule has 0 saturated heterocycles. The molecule has 0 aliphatic carbocycles. The lowest BCUT2D eigenvalue weighted by Crippen LogP contribution is -2.35. The summed E-state index contributed by atoms with van der Waals surface area (Å²) in [6, 6.07) is 25.1. The van der Waals surface area contributed by atoms with Gasteiger partial charge in [0.15, 0.2) is 0 Å². The van der Waals surface area contributed by atoms with Crippen LogP contribution in [0.5, 0.6) is 0 Å². The summed E-state index contributed by atoms with van der Waals surface area (Å²) in [5.41, 5.74) is 6.80. The molecule has 1 N–H and O–H groups in total. The number of rotatable bonds is 5. The molecule has 3 heterocycles. The highest BCUT2D eigenvalue weighted by Gasteiger charge is 2.22. The van der Waals surface area contributed by atoms with Gasteiger partial charge in [-0.1, -0.05) is 42.5 Å². The summed E-state index contributed by atoms with van der Waals surface area (Å²) in [5.74, 6) is -0.120. The summed E-state index contributed by atoms with van der Waals surface area (Å²) in [6.07, 6.45) is 3.79. The molecular weight excluding hydrogens is 437 g/mol. The zero-order chi connectivity index (χ0) is 23.8. The minimum Gasteiger partial charge on any atom is -0.353 e. The highest BCUT2D eigenvalue weighted by molar-refractivity contribution is 5.95. The molecule has 0 radical (unpaired) electrons. The number of para-hydroxylation sites is 2. The van der Waals surface area contributed by atoms with Gasteiger partial charge in [0.1, 0.15) is 5.82 Å². The molecule has 0 bridgehead atoms. The monoisotopic (exact) mass is 463 g/mol. The van der Waals surface area contributed by atoms with Crippen LogP contribution in [-0.4, -0.2) is 22.4 Å². The third-order valence-corrected chi connectivity index (χ3v) is 6.95. The van der Waals surface area contributed by atoms with E-state index in [0.717, 1.165) is 63.8 Å². The van der Waals surface area contributed by atoms with Crippen molar-refractivity contribution in [3.63, 3.8) is 0 Å². The standard InChI is InChI=1S/C30H26FN3O/c31-22-15-17-26-24(19-22)23(30(33-26)27-16-14-20-7-1-3-11-25(20)32-27)10-5-13-29(35)34-18-6-9-21-8-2-4-12-28(21)34/h1-4,7-8,11-12,14-17,19,33H,5-6,9-10,13,18H2. The van der Waals surface area contributed by atoms with Crippen molar-refractivity contribution in [1.82, 2.24) is 9.97 Å². The molecule has 2 aromatic heterocycles. The van der Waals surface area contributed by atoms with E-state index in [-0.39, 0.29) is 11.7 Å². The Balaban J connectivity index is 1.29. The molecule has 1 aliphatic rings. The molecule has 1 aliphatic heterocycles. The number of aromatic nitrogens is 2. The second-order valence-electron chi connectivity index (χ2n) is 9.19. The van der Waals surface area contributed by atoms with Gasteiger partial charge in [-0.25, -0.2) is 9.37 Å². The highest BCUT2D eigenvalue weighted by atomic mass is 19.1. The van der Waals surface area contributed by atoms with Crippen molar-refractivity contribution < 1.29 is 9.18 Å². The van der Waals surface area contributed by atoms with E-state index in [1.165, 1.54) is 11.6 Å². The molecule has 6 rings (SSSR count). The lowest BCUT2D eigenvalue weighted by atomic mass is 9.99. The zero-order valence-corrected chi connectivity index (χ0v) is 19.4. The number of H-pyrrole nitrogens is 1. The minimum absolute atomic E-state index is 0.147. The molecule has 0 unspecified atom stereocenters. The number of halogens is 1. The number of fused-ring (bicyclic) bond motifs is 3. The summed E-state index contributed by atoms with van der Waals surface area (Å²) >= 11 is 0. The molecule has 3 aromatic carbocycles.